The molecule has 0 bridgehead atoms. The molecule has 0 atom stereocenters. The lowest BCUT2D eigenvalue weighted by Gasteiger charge is -2.10. The molecule has 0 saturated carbocycles. The number of nitrogens with zero attached hydrogens (tertiary/aromatic N) is 1. The Balaban J connectivity index is 2.33. The van der Waals surface area contributed by atoms with Gasteiger partial charge in [0.1, 0.15) is 0 Å². The minimum Gasteiger partial charge on any atom is -0.382 e. The van der Waals surface area contributed by atoms with E-state index in [4.69, 9.17) is 4.74 Å². The predicted molar refractivity (Wildman–Crippen MR) is 46.4 cm³/mol. The molecule has 0 aliphatic carbocycles. The predicted octanol–water partition coefficient (Wildman–Crippen LogP) is -0.509. The highest BCUT2D eigenvalue weighted by molar-refractivity contribution is 6.44. The monoisotopic (exact) mass is 200 g/mol. The van der Waals surface area contributed by atoms with E-state index >= 15 is 0 Å². The summed E-state index contributed by atoms with van der Waals surface area (Å²) in [5, 5.41) is 1.92. The first-order valence-electron chi connectivity index (χ1n) is 4.41. The summed E-state index contributed by atoms with van der Waals surface area (Å²) >= 11 is 0. The van der Waals surface area contributed by atoms with Gasteiger partial charge in [-0.1, -0.05) is 0 Å². The Morgan fingerprint density at radius 2 is 2.07 bits per heavy atom. The van der Waals surface area contributed by atoms with Crippen LogP contribution in [0.3, 0.4) is 0 Å². The minimum absolute atomic E-state index is 0.219. The summed E-state index contributed by atoms with van der Waals surface area (Å²) in [6.45, 7) is 3.15. The number of carbonyl (C=O) groups is 3. The molecule has 1 rings (SSSR count). The van der Waals surface area contributed by atoms with Crippen LogP contribution in [0.15, 0.2) is 0 Å². The van der Waals surface area contributed by atoms with Crippen LogP contribution in [-0.4, -0.2) is 42.5 Å². The molecule has 4 amide bonds. The number of urea groups is 1. The lowest BCUT2D eigenvalue weighted by Crippen LogP contribution is -2.32. The van der Waals surface area contributed by atoms with Gasteiger partial charge in [-0.3, -0.25) is 19.8 Å². The molecular formula is C8H12N2O4. The van der Waals surface area contributed by atoms with Gasteiger partial charge in [0, 0.05) is 19.8 Å². The van der Waals surface area contributed by atoms with Crippen LogP contribution in [0.4, 0.5) is 4.79 Å². The first-order valence-corrected chi connectivity index (χ1v) is 4.41. The van der Waals surface area contributed by atoms with Crippen molar-refractivity contribution in [1.29, 1.82) is 0 Å². The second kappa shape index (κ2) is 4.71. The summed E-state index contributed by atoms with van der Waals surface area (Å²) in [5.41, 5.74) is 0. The summed E-state index contributed by atoms with van der Waals surface area (Å²) in [6, 6.07) is -0.642. The van der Waals surface area contributed by atoms with Gasteiger partial charge < -0.3 is 4.74 Å². The van der Waals surface area contributed by atoms with E-state index in [-0.39, 0.29) is 6.54 Å². The molecule has 6 nitrogen and oxygen atoms in total. The number of hydrogen-bond donors (Lipinski definition) is 1. The van der Waals surface area contributed by atoms with E-state index in [2.05, 4.69) is 0 Å². The van der Waals surface area contributed by atoms with E-state index in [1.807, 2.05) is 12.2 Å². The lowest BCUT2D eigenvalue weighted by molar-refractivity contribution is -0.140. The van der Waals surface area contributed by atoms with Crippen LogP contribution in [0, 0.1) is 0 Å². The molecule has 1 fully saturated rings. The Morgan fingerprint density at radius 3 is 2.57 bits per heavy atom. The number of amides is 4. The van der Waals surface area contributed by atoms with Crippen molar-refractivity contribution in [3.05, 3.63) is 0 Å². The molecule has 1 aliphatic heterocycles. The first-order chi connectivity index (χ1) is 6.66. The highest BCUT2D eigenvalue weighted by Gasteiger charge is 2.36. The molecule has 78 valence electrons. The number of imide groups is 2. The second-order valence-electron chi connectivity index (χ2n) is 2.77. The number of rotatable bonds is 5. The maximum atomic E-state index is 11.0. The Hall–Kier alpha value is -1.43. The van der Waals surface area contributed by atoms with Crippen molar-refractivity contribution in [2.24, 2.45) is 0 Å². The van der Waals surface area contributed by atoms with Crippen LogP contribution in [0.1, 0.15) is 13.3 Å². The van der Waals surface area contributed by atoms with Crippen LogP contribution < -0.4 is 5.32 Å². The molecule has 0 aromatic carbocycles. The molecule has 6 heteroatoms. The molecule has 1 aliphatic rings. The standard InChI is InChI=1S/C8H12N2O4/c1-2-14-5-3-4-10-7(12)6(11)9-8(10)13/h2-5H2,1H3,(H,9,11,13). The summed E-state index contributed by atoms with van der Waals surface area (Å²) < 4.78 is 5.04. The maximum Gasteiger partial charge on any atom is 0.331 e. The molecular weight excluding hydrogens is 188 g/mol. The van der Waals surface area contributed by atoms with Crippen molar-refractivity contribution in [3.63, 3.8) is 0 Å². The van der Waals surface area contributed by atoms with Crippen molar-refractivity contribution >= 4 is 17.8 Å². The van der Waals surface area contributed by atoms with Gasteiger partial charge >= 0.3 is 17.8 Å². The third-order valence-electron chi connectivity index (χ3n) is 1.78. The van der Waals surface area contributed by atoms with Crippen molar-refractivity contribution in [1.82, 2.24) is 10.2 Å². The smallest absolute Gasteiger partial charge is 0.331 e. The summed E-state index contributed by atoms with van der Waals surface area (Å²) in [6.07, 6.45) is 0.542. The van der Waals surface area contributed by atoms with E-state index in [1.165, 1.54) is 0 Å². The molecule has 0 spiro atoms. The minimum atomic E-state index is -0.855. The molecule has 0 aromatic rings. The topological polar surface area (TPSA) is 75.7 Å². The van der Waals surface area contributed by atoms with Crippen molar-refractivity contribution in [3.8, 4) is 0 Å². The zero-order chi connectivity index (χ0) is 10.6. The van der Waals surface area contributed by atoms with Crippen LogP contribution in [0.25, 0.3) is 0 Å². The largest absolute Gasteiger partial charge is 0.382 e. The van der Waals surface area contributed by atoms with Crippen LogP contribution in [-0.2, 0) is 14.3 Å². The van der Waals surface area contributed by atoms with Gasteiger partial charge in [-0.15, -0.1) is 0 Å². The molecule has 0 unspecified atom stereocenters. The fourth-order valence-electron chi connectivity index (χ4n) is 1.11. The van der Waals surface area contributed by atoms with E-state index in [1.54, 1.807) is 0 Å². The Kier molecular flexibility index (Phi) is 3.58. The van der Waals surface area contributed by atoms with Gasteiger partial charge in [-0.25, -0.2) is 4.79 Å². The van der Waals surface area contributed by atoms with Crippen LogP contribution in [0.2, 0.25) is 0 Å². The molecule has 0 aromatic heterocycles. The average molecular weight is 200 g/mol. The van der Waals surface area contributed by atoms with Crippen molar-refractivity contribution in [2.75, 3.05) is 19.8 Å². The second-order valence-corrected chi connectivity index (χ2v) is 2.77. The maximum absolute atomic E-state index is 11.0. The van der Waals surface area contributed by atoms with Crippen LogP contribution in [0.5, 0.6) is 0 Å². The number of carbonyl (C=O) groups excluding carboxylic acids is 3. The highest BCUT2D eigenvalue weighted by atomic mass is 16.5. The normalized spacial score (nSPS) is 16.4. The Morgan fingerprint density at radius 1 is 1.36 bits per heavy atom. The molecule has 1 saturated heterocycles. The van der Waals surface area contributed by atoms with Crippen molar-refractivity contribution < 1.29 is 19.1 Å². The quantitative estimate of drug-likeness (QED) is 0.368. The van der Waals surface area contributed by atoms with E-state index in [0.717, 1.165) is 4.90 Å². The van der Waals surface area contributed by atoms with Gasteiger partial charge in [0.2, 0.25) is 0 Å². The van der Waals surface area contributed by atoms with Crippen molar-refractivity contribution in [2.45, 2.75) is 13.3 Å². The highest BCUT2D eigenvalue weighted by Crippen LogP contribution is 2.01. The SMILES string of the molecule is CCOCCCN1C(=O)NC(=O)C1=O. The lowest BCUT2D eigenvalue weighted by atomic mass is 10.4. The Labute approximate surface area is 81.2 Å². The first kappa shape index (κ1) is 10.6. The van der Waals surface area contributed by atoms with Gasteiger partial charge in [-0.2, -0.15) is 0 Å². The zero-order valence-electron chi connectivity index (χ0n) is 7.91. The third-order valence-corrected chi connectivity index (χ3v) is 1.78. The van der Waals surface area contributed by atoms with E-state index in [9.17, 15) is 14.4 Å². The molecule has 1 heterocycles. The van der Waals surface area contributed by atoms with Gasteiger partial charge in [0.25, 0.3) is 0 Å². The molecule has 14 heavy (non-hydrogen) atoms. The summed E-state index contributed by atoms with van der Waals surface area (Å²) in [5.74, 6) is -1.64. The zero-order valence-corrected chi connectivity index (χ0v) is 7.91. The molecule has 1 N–H and O–H groups in total. The van der Waals surface area contributed by atoms with Gasteiger partial charge in [0.05, 0.1) is 0 Å². The number of hydrogen-bond acceptors (Lipinski definition) is 4. The van der Waals surface area contributed by atoms with E-state index < -0.39 is 17.8 Å². The number of ether oxygens (including phenoxy) is 1. The summed E-state index contributed by atoms with van der Waals surface area (Å²) in [7, 11) is 0. The Bertz CT molecular complexity index is 264. The van der Waals surface area contributed by atoms with E-state index in [0.29, 0.717) is 19.6 Å². The number of nitrogens with one attached hydrogen (secondary N) is 1. The average Bonchev–Trinajstić information content (AvgIpc) is 2.38. The fourth-order valence-corrected chi connectivity index (χ4v) is 1.11. The van der Waals surface area contributed by atoms with Crippen LogP contribution >= 0.6 is 0 Å². The van der Waals surface area contributed by atoms with Gasteiger partial charge in [-0.05, 0) is 13.3 Å². The summed E-state index contributed by atoms with van der Waals surface area (Å²) in [4.78, 5) is 33.6. The molecule has 0 radical (unpaired) electrons. The fraction of sp³-hybridized carbons (Fsp3) is 0.625. The van der Waals surface area contributed by atoms with Gasteiger partial charge in [0.15, 0.2) is 0 Å². The third kappa shape index (κ3) is 2.29.